The number of ether oxygens (including phenoxy) is 1. The van der Waals surface area contributed by atoms with Crippen molar-refractivity contribution in [2.45, 2.75) is 52.6 Å². The number of nitrogens with one attached hydrogen (secondary N) is 1. The van der Waals surface area contributed by atoms with Gasteiger partial charge in [-0.2, -0.15) is 0 Å². The van der Waals surface area contributed by atoms with Gasteiger partial charge in [0.25, 0.3) is 0 Å². The molecule has 1 rings (SSSR count). The second-order valence-electron chi connectivity index (χ2n) is 4.48. The molecule has 0 aliphatic heterocycles. The van der Waals surface area contributed by atoms with Gasteiger partial charge in [0.05, 0.1) is 13.2 Å². The van der Waals surface area contributed by atoms with E-state index in [0.717, 1.165) is 31.6 Å². The summed E-state index contributed by atoms with van der Waals surface area (Å²) in [5.74, 6) is 0.721. The summed E-state index contributed by atoms with van der Waals surface area (Å²) in [7, 11) is 0. The Morgan fingerprint density at radius 1 is 1.42 bits per heavy atom. The van der Waals surface area contributed by atoms with Crippen molar-refractivity contribution in [2.75, 3.05) is 13.2 Å². The second kappa shape index (κ2) is 8.69. The average Bonchev–Trinajstić information content (AvgIpc) is 2.84. The van der Waals surface area contributed by atoms with E-state index in [2.05, 4.69) is 24.1 Å². The van der Waals surface area contributed by atoms with Crippen LogP contribution in [0.4, 0.5) is 0 Å². The van der Waals surface area contributed by atoms with Gasteiger partial charge in [0.2, 0.25) is 0 Å². The van der Waals surface area contributed by atoms with Gasteiger partial charge in [-0.3, -0.25) is 0 Å². The lowest BCUT2D eigenvalue weighted by atomic mass is 10.1. The molecule has 19 heavy (non-hydrogen) atoms. The van der Waals surface area contributed by atoms with Crippen molar-refractivity contribution in [1.29, 1.82) is 0 Å². The lowest BCUT2D eigenvalue weighted by Crippen LogP contribution is -2.25. The molecule has 0 bridgehead atoms. The Morgan fingerprint density at radius 3 is 2.84 bits per heavy atom. The molecule has 0 aromatic carbocycles. The first-order valence-corrected chi connectivity index (χ1v) is 7.13. The molecule has 5 nitrogen and oxygen atoms in total. The van der Waals surface area contributed by atoms with Crippen LogP contribution in [0.15, 0.2) is 12.4 Å². The van der Waals surface area contributed by atoms with E-state index in [1.54, 1.807) is 6.20 Å². The SMILES string of the molecule is CCCNCc1nccn1C(CCC)C(=O)OCC. The van der Waals surface area contributed by atoms with E-state index in [4.69, 9.17) is 4.74 Å². The minimum atomic E-state index is -0.258. The molecule has 1 aromatic rings. The highest BCUT2D eigenvalue weighted by Gasteiger charge is 2.22. The average molecular weight is 267 g/mol. The fourth-order valence-corrected chi connectivity index (χ4v) is 2.02. The fraction of sp³-hybridized carbons (Fsp3) is 0.714. The molecule has 108 valence electrons. The van der Waals surface area contributed by atoms with Gasteiger partial charge in [-0.1, -0.05) is 20.3 Å². The van der Waals surface area contributed by atoms with Crippen LogP contribution in [0.3, 0.4) is 0 Å². The van der Waals surface area contributed by atoms with Gasteiger partial charge in [0, 0.05) is 12.4 Å². The van der Waals surface area contributed by atoms with Gasteiger partial charge in [-0.05, 0) is 26.3 Å². The first kappa shape index (κ1) is 15.7. The summed E-state index contributed by atoms with van der Waals surface area (Å²) in [6, 6.07) is -0.258. The van der Waals surface area contributed by atoms with E-state index in [0.29, 0.717) is 13.2 Å². The molecule has 0 aliphatic carbocycles. The van der Waals surface area contributed by atoms with Crippen LogP contribution in [0.1, 0.15) is 51.9 Å². The Labute approximate surface area is 115 Å². The number of aromatic nitrogens is 2. The lowest BCUT2D eigenvalue weighted by Gasteiger charge is -2.19. The number of rotatable bonds is 9. The molecule has 0 saturated carbocycles. The summed E-state index contributed by atoms with van der Waals surface area (Å²) in [6.07, 6.45) is 6.39. The maximum absolute atomic E-state index is 12.0. The molecule has 0 aliphatic rings. The molecular formula is C14H25N3O2. The number of carbonyl (C=O) groups excluding carboxylic acids is 1. The van der Waals surface area contributed by atoms with Crippen molar-refractivity contribution in [1.82, 2.24) is 14.9 Å². The number of carbonyl (C=O) groups is 1. The topological polar surface area (TPSA) is 56.2 Å². The Bertz CT molecular complexity index is 377. The third kappa shape index (κ3) is 4.67. The van der Waals surface area contributed by atoms with Crippen LogP contribution in [-0.4, -0.2) is 28.7 Å². The number of imidazole rings is 1. The normalized spacial score (nSPS) is 12.4. The van der Waals surface area contributed by atoms with Crippen LogP contribution in [0.25, 0.3) is 0 Å². The largest absolute Gasteiger partial charge is 0.464 e. The van der Waals surface area contributed by atoms with E-state index >= 15 is 0 Å². The molecule has 1 heterocycles. The smallest absolute Gasteiger partial charge is 0.329 e. The van der Waals surface area contributed by atoms with Gasteiger partial charge in [-0.15, -0.1) is 0 Å². The summed E-state index contributed by atoms with van der Waals surface area (Å²) in [5.41, 5.74) is 0. The Morgan fingerprint density at radius 2 is 2.21 bits per heavy atom. The Hall–Kier alpha value is -1.36. The third-order valence-electron chi connectivity index (χ3n) is 2.92. The molecule has 5 heteroatoms. The summed E-state index contributed by atoms with van der Waals surface area (Å²) in [4.78, 5) is 16.3. The first-order chi connectivity index (χ1) is 9.24. The molecular weight excluding hydrogens is 242 g/mol. The van der Waals surface area contributed by atoms with Crippen LogP contribution in [0.2, 0.25) is 0 Å². The van der Waals surface area contributed by atoms with Crippen molar-refractivity contribution in [3.63, 3.8) is 0 Å². The van der Waals surface area contributed by atoms with Crippen LogP contribution >= 0.6 is 0 Å². The van der Waals surface area contributed by atoms with Crippen LogP contribution in [0.5, 0.6) is 0 Å². The van der Waals surface area contributed by atoms with Crippen molar-refractivity contribution in [3.8, 4) is 0 Å². The van der Waals surface area contributed by atoms with Crippen molar-refractivity contribution >= 4 is 5.97 Å². The quantitative estimate of drug-likeness (QED) is 0.551. The molecule has 0 spiro atoms. The van der Waals surface area contributed by atoms with E-state index < -0.39 is 0 Å². The Balaban J connectivity index is 2.78. The van der Waals surface area contributed by atoms with Crippen molar-refractivity contribution in [3.05, 3.63) is 18.2 Å². The summed E-state index contributed by atoms with van der Waals surface area (Å²) < 4.78 is 7.09. The predicted octanol–water partition coefficient (Wildman–Crippen LogP) is 2.29. The molecule has 1 atom stereocenters. The van der Waals surface area contributed by atoms with Crippen LogP contribution in [-0.2, 0) is 16.1 Å². The lowest BCUT2D eigenvalue weighted by molar-refractivity contribution is -0.147. The van der Waals surface area contributed by atoms with Crippen LogP contribution < -0.4 is 5.32 Å². The minimum Gasteiger partial charge on any atom is -0.464 e. The highest BCUT2D eigenvalue weighted by atomic mass is 16.5. The summed E-state index contributed by atoms with van der Waals surface area (Å²) in [6.45, 7) is 8.07. The van der Waals surface area contributed by atoms with Gasteiger partial charge < -0.3 is 14.6 Å². The van der Waals surface area contributed by atoms with Gasteiger partial charge in [-0.25, -0.2) is 9.78 Å². The number of nitrogens with zero attached hydrogens (tertiary/aromatic N) is 2. The molecule has 1 unspecified atom stereocenters. The number of esters is 1. The summed E-state index contributed by atoms with van der Waals surface area (Å²) in [5, 5.41) is 3.31. The highest BCUT2D eigenvalue weighted by Crippen LogP contribution is 2.18. The van der Waals surface area contributed by atoms with Gasteiger partial charge in [0.15, 0.2) is 0 Å². The van der Waals surface area contributed by atoms with Crippen LogP contribution in [0, 0.1) is 0 Å². The monoisotopic (exact) mass is 267 g/mol. The van der Waals surface area contributed by atoms with Crippen molar-refractivity contribution in [2.24, 2.45) is 0 Å². The molecule has 0 fully saturated rings. The summed E-state index contributed by atoms with van der Waals surface area (Å²) >= 11 is 0. The van der Waals surface area contributed by atoms with E-state index in [1.807, 2.05) is 17.7 Å². The van der Waals surface area contributed by atoms with Gasteiger partial charge in [0.1, 0.15) is 11.9 Å². The number of hydrogen-bond donors (Lipinski definition) is 1. The third-order valence-corrected chi connectivity index (χ3v) is 2.92. The molecule has 1 aromatic heterocycles. The fourth-order valence-electron chi connectivity index (χ4n) is 2.02. The van der Waals surface area contributed by atoms with E-state index in [-0.39, 0.29) is 12.0 Å². The number of hydrogen-bond acceptors (Lipinski definition) is 4. The maximum Gasteiger partial charge on any atom is 0.329 e. The zero-order valence-electron chi connectivity index (χ0n) is 12.2. The molecule has 0 radical (unpaired) electrons. The molecule has 0 saturated heterocycles. The van der Waals surface area contributed by atoms with Crippen molar-refractivity contribution < 1.29 is 9.53 Å². The highest BCUT2D eigenvalue weighted by molar-refractivity contribution is 5.74. The van der Waals surface area contributed by atoms with E-state index in [9.17, 15) is 4.79 Å². The van der Waals surface area contributed by atoms with E-state index in [1.165, 1.54) is 0 Å². The maximum atomic E-state index is 12.0. The molecule has 0 amide bonds. The standard InChI is InChI=1S/C14H25N3O2/c1-4-7-12(14(18)19-6-3)17-10-9-16-13(17)11-15-8-5-2/h9-10,12,15H,4-8,11H2,1-3H3. The zero-order chi connectivity index (χ0) is 14.1. The minimum absolute atomic E-state index is 0.168. The first-order valence-electron chi connectivity index (χ1n) is 7.13. The molecule has 1 N–H and O–H groups in total. The second-order valence-corrected chi connectivity index (χ2v) is 4.48. The Kier molecular flexibility index (Phi) is 7.18. The predicted molar refractivity (Wildman–Crippen MR) is 74.8 cm³/mol. The van der Waals surface area contributed by atoms with Gasteiger partial charge >= 0.3 is 5.97 Å². The zero-order valence-corrected chi connectivity index (χ0v) is 12.2.